The molecule has 0 aliphatic heterocycles. The number of rotatable bonds is 7. The first-order chi connectivity index (χ1) is 11.3. The van der Waals surface area contributed by atoms with E-state index in [2.05, 4.69) is 6.58 Å². The summed E-state index contributed by atoms with van der Waals surface area (Å²) in [6.07, 6.45) is 2.01. The van der Waals surface area contributed by atoms with Gasteiger partial charge in [-0.1, -0.05) is 36.4 Å². The van der Waals surface area contributed by atoms with E-state index in [0.717, 1.165) is 11.6 Å². The summed E-state index contributed by atoms with van der Waals surface area (Å²) < 4.78 is 24.0. The van der Waals surface area contributed by atoms with Gasteiger partial charge < -0.3 is 5.11 Å². The second-order valence-electron chi connectivity index (χ2n) is 5.06. The average molecular weight is 363 g/mol. The van der Waals surface area contributed by atoms with Crippen molar-refractivity contribution in [3.05, 3.63) is 71.8 Å². The fourth-order valence-corrected chi connectivity index (χ4v) is 3.99. The zero-order chi connectivity index (χ0) is 17.7. The first-order valence-electron chi connectivity index (χ1n) is 7.03. The van der Waals surface area contributed by atoms with Crippen molar-refractivity contribution < 1.29 is 18.3 Å². The van der Waals surface area contributed by atoms with Crippen LogP contribution in [0.2, 0.25) is 0 Å². The molecule has 0 heterocycles. The molecule has 2 rings (SSSR count). The van der Waals surface area contributed by atoms with Gasteiger partial charge in [0.1, 0.15) is 0 Å². The fourth-order valence-electron chi connectivity index (χ4n) is 2.25. The Hall–Kier alpha value is -2.09. The molecule has 0 aromatic heterocycles. The summed E-state index contributed by atoms with van der Waals surface area (Å²) in [7, 11) is -4.06. The molecule has 126 valence electrons. The van der Waals surface area contributed by atoms with Crippen LogP contribution in [0.4, 0.5) is 0 Å². The van der Waals surface area contributed by atoms with Crippen LogP contribution < -0.4 is 5.14 Å². The molecule has 0 spiro atoms. The number of sulfonamides is 1. The third-order valence-electron chi connectivity index (χ3n) is 3.30. The molecule has 2 aromatic carbocycles. The van der Waals surface area contributed by atoms with Crippen molar-refractivity contribution in [3.8, 4) is 0 Å². The molecule has 0 amide bonds. The van der Waals surface area contributed by atoms with E-state index in [0.29, 0.717) is 22.6 Å². The third kappa shape index (κ3) is 4.47. The average Bonchev–Trinajstić information content (AvgIpc) is 2.53. The molecule has 0 unspecified atom stereocenters. The smallest absolute Gasteiger partial charge is 0.335 e. The lowest BCUT2D eigenvalue weighted by atomic mass is 10.0. The number of carboxylic acids is 1. The maximum absolute atomic E-state index is 12.0. The number of primary sulfonamides is 1. The van der Waals surface area contributed by atoms with Crippen LogP contribution in [0.5, 0.6) is 0 Å². The van der Waals surface area contributed by atoms with Crippen molar-refractivity contribution in [2.45, 2.75) is 16.2 Å². The SMILES string of the molecule is C=CCSc1cc(C(=O)O)cc(S(N)(=O)=O)c1Cc1ccccc1. The highest BCUT2D eigenvalue weighted by Gasteiger charge is 2.21. The zero-order valence-corrected chi connectivity index (χ0v) is 14.4. The van der Waals surface area contributed by atoms with Crippen LogP contribution in [0.15, 0.2) is 64.9 Å². The number of benzene rings is 2. The van der Waals surface area contributed by atoms with Gasteiger partial charge in [-0.2, -0.15) is 0 Å². The van der Waals surface area contributed by atoms with E-state index < -0.39 is 16.0 Å². The number of carbonyl (C=O) groups is 1. The number of nitrogens with two attached hydrogens (primary N) is 1. The summed E-state index contributed by atoms with van der Waals surface area (Å²) in [5, 5.41) is 14.6. The summed E-state index contributed by atoms with van der Waals surface area (Å²) in [4.78, 5) is 11.7. The van der Waals surface area contributed by atoms with Crippen molar-refractivity contribution in [1.82, 2.24) is 0 Å². The Balaban J connectivity index is 2.66. The van der Waals surface area contributed by atoms with Crippen LogP contribution in [-0.2, 0) is 16.4 Å². The minimum Gasteiger partial charge on any atom is -0.478 e. The molecule has 0 radical (unpaired) electrons. The quantitative estimate of drug-likeness (QED) is 0.582. The van der Waals surface area contributed by atoms with Crippen LogP contribution >= 0.6 is 11.8 Å². The Kier molecular flexibility index (Phi) is 5.82. The predicted molar refractivity (Wildman–Crippen MR) is 94.9 cm³/mol. The largest absolute Gasteiger partial charge is 0.478 e. The van der Waals surface area contributed by atoms with Crippen molar-refractivity contribution in [2.75, 3.05) is 5.75 Å². The van der Waals surface area contributed by atoms with Gasteiger partial charge in [-0.25, -0.2) is 18.4 Å². The van der Waals surface area contributed by atoms with Crippen LogP contribution in [0, 0.1) is 0 Å². The molecule has 0 bridgehead atoms. The number of hydrogen-bond acceptors (Lipinski definition) is 4. The zero-order valence-electron chi connectivity index (χ0n) is 12.8. The van der Waals surface area contributed by atoms with E-state index in [1.807, 2.05) is 30.3 Å². The Morgan fingerprint density at radius 3 is 2.46 bits per heavy atom. The Morgan fingerprint density at radius 1 is 1.25 bits per heavy atom. The number of hydrogen-bond donors (Lipinski definition) is 2. The van der Waals surface area contributed by atoms with Gasteiger partial charge in [0, 0.05) is 10.6 Å². The third-order valence-corrected chi connectivity index (χ3v) is 5.36. The van der Waals surface area contributed by atoms with Gasteiger partial charge >= 0.3 is 5.97 Å². The maximum Gasteiger partial charge on any atom is 0.335 e. The number of carboxylic acid groups (broad SMARTS) is 1. The monoisotopic (exact) mass is 363 g/mol. The van der Waals surface area contributed by atoms with Gasteiger partial charge in [0.05, 0.1) is 10.5 Å². The van der Waals surface area contributed by atoms with E-state index in [1.54, 1.807) is 6.08 Å². The molecule has 5 nitrogen and oxygen atoms in total. The first-order valence-corrected chi connectivity index (χ1v) is 9.56. The maximum atomic E-state index is 12.0. The molecule has 0 atom stereocenters. The van der Waals surface area contributed by atoms with Gasteiger partial charge in [-0.05, 0) is 29.7 Å². The molecular weight excluding hydrogens is 346 g/mol. The summed E-state index contributed by atoms with van der Waals surface area (Å²) in [5.41, 5.74) is 1.30. The van der Waals surface area contributed by atoms with Crippen molar-refractivity contribution >= 4 is 27.8 Å². The number of aromatic carboxylic acids is 1. The summed E-state index contributed by atoms with van der Waals surface area (Å²) in [6, 6.07) is 11.9. The van der Waals surface area contributed by atoms with Crippen molar-refractivity contribution in [3.63, 3.8) is 0 Å². The van der Waals surface area contributed by atoms with Crippen LogP contribution in [0.1, 0.15) is 21.5 Å². The Bertz CT molecular complexity index is 862. The molecule has 0 fully saturated rings. The van der Waals surface area contributed by atoms with Crippen LogP contribution in [0.3, 0.4) is 0 Å². The molecule has 7 heteroatoms. The predicted octanol–water partition coefficient (Wildman–Crippen LogP) is 2.90. The van der Waals surface area contributed by atoms with E-state index in [4.69, 9.17) is 5.14 Å². The van der Waals surface area contributed by atoms with Gasteiger partial charge in [-0.3, -0.25) is 0 Å². The van der Waals surface area contributed by atoms with Gasteiger partial charge in [-0.15, -0.1) is 18.3 Å². The molecule has 3 N–H and O–H groups in total. The second-order valence-corrected chi connectivity index (χ2v) is 7.65. The highest BCUT2D eigenvalue weighted by Crippen LogP contribution is 2.31. The first kappa shape index (κ1) is 18.3. The normalized spacial score (nSPS) is 11.2. The molecule has 0 saturated carbocycles. The van der Waals surface area contributed by atoms with E-state index in [9.17, 15) is 18.3 Å². The second kappa shape index (κ2) is 7.65. The van der Waals surface area contributed by atoms with E-state index >= 15 is 0 Å². The van der Waals surface area contributed by atoms with Crippen molar-refractivity contribution in [1.29, 1.82) is 0 Å². The topological polar surface area (TPSA) is 97.5 Å². The lowest BCUT2D eigenvalue weighted by molar-refractivity contribution is 0.0696. The van der Waals surface area contributed by atoms with Gasteiger partial charge in [0.2, 0.25) is 10.0 Å². The summed E-state index contributed by atoms with van der Waals surface area (Å²) >= 11 is 1.33. The van der Waals surface area contributed by atoms with Crippen LogP contribution in [0.25, 0.3) is 0 Å². The molecule has 2 aromatic rings. The van der Waals surface area contributed by atoms with Crippen LogP contribution in [-0.4, -0.2) is 25.2 Å². The highest BCUT2D eigenvalue weighted by molar-refractivity contribution is 7.99. The fraction of sp³-hybridized carbons (Fsp3) is 0.118. The number of thioether (sulfide) groups is 1. The standard InChI is InChI=1S/C17H17NO4S2/c1-2-8-23-15-10-13(17(19)20)11-16(24(18,21)22)14(15)9-12-6-4-3-5-7-12/h2-7,10-11H,1,8-9H2,(H,19,20)(H2,18,21,22). The molecule has 24 heavy (non-hydrogen) atoms. The van der Waals surface area contributed by atoms with Gasteiger partial charge in [0.15, 0.2) is 0 Å². The molecular formula is C17H17NO4S2. The minimum atomic E-state index is -4.06. The lowest BCUT2D eigenvalue weighted by Gasteiger charge is -2.15. The summed E-state index contributed by atoms with van der Waals surface area (Å²) in [6.45, 7) is 3.64. The van der Waals surface area contributed by atoms with E-state index in [1.165, 1.54) is 17.8 Å². The molecule has 0 aliphatic rings. The van der Waals surface area contributed by atoms with Crippen molar-refractivity contribution in [2.24, 2.45) is 5.14 Å². The van der Waals surface area contributed by atoms with Gasteiger partial charge in [0.25, 0.3) is 0 Å². The molecule has 0 saturated heterocycles. The highest BCUT2D eigenvalue weighted by atomic mass is 32.2. The summed E-state index contributed by atoms with van der Waals surface area (Å²) in [5.74, 6) is -0.679. The van der Waals surface area contributed by atoms with E-state index in [-0.39, 0.29) is 10.5 Å². The Morgan fingerprint density at radius 2 is 1.92 bits per heavy atom. The molecule has 0 aliphatic carbocycles. The minimum absolute atomic E-state index is 0.109. The lowest BCUT2D eigenvalue weighted by Crippen LogP contribution is -2.17. The Labute approximate surface area is 145 Å².